The zero-order valence-corrected chi connectivity index (χ0v) is 21.2. The van der Waals surface area contributed by atoms with Gasteiger partial charge in [0.05, 0.1) is 18.1 Å². The fourth-order valence-electron chi connectivity index (χ4n) is 2.75. The van der Waals surface area contributed by atoms with Gasteiger partial charge in [0.15, 0.2) is 0 Å². The molecule has 7 heteroatoms. The summed E-state index contributed by atoms with van der Waals surface area (Å²) in [6, 6.07) is 17.3. The molecule has 0 spiro atoms. The number of aldehydes is 1. The van der Waals surface area contributed by atoms with Crippen LogP contribution in [0.3, 0.4) is 0 Å². The molecule has 1 N–H and O–H groups in total. The van der Waals surface area contributed by atoms with Gasteiger partial charge in [0.1, 0.15) is 12.0 Å². The van der Waals surface area contributed by atoms with Crippen LogP contribution >= 0.6 is 24.0 Å². The molecule has 0 heterocycles. The number of rotatable bonds is 11. The SMILES string of the molecule is CCC/C(N=Cc1ccccc1)=C(\C)OC.CNC(=O)C(Cc1ccc(C=O)cc1)SC=S. The molecule has 0 fully saturated rings. The lowest BCUT2D eigenvalue weighted by molar-refractivity contribution is -0.120. The minimum atomic E-state index is -0.223. The van der Waals surface area contributed by atoms with E-state index < -0.39 is 0 Å². The van der Waals surface area contributed by atoms with E-state index in [-0.39, 0.29) is 11.2 Å². The van der Waals surface area contributed by atoms with Crippen LogP contribution in [0.4, 0.5) is 0 Å². The van der Waals surface area contributed by atoms with E-state index in [1.54, 1.807) is 26.3 Å². The van der Waals surface area contributed by atoms with Crippen molar-refractivity contribution in [1.82, 2.24) is 5.32 Å². The summed E-state index contributed by atoms with van der Waals surface area (Å²) in [4.78, 5) is 26.6. The summed E-state index contributed by atoms with van der Waals surface area (Å²) in [5.41, 5.74) is 3.77. The fourth-order valence-corrected chi connectivity index (χ4v) is 3.82. The van der Waals surface area contributed by atoms with Gasteiger partial charge in [-0.1, -0.05) is 80.2 Å². The molecule has 2 aromatic carbocycles. The van der Waals surface area contributed by atoms with Crippen molar-refractivity contribution in [2.75, 3.05) is 14.2 Å². The monoisotopic (exact) mass is 484 g/mol. The normalized spacial score (nSPS) is 12.1. The first kappa shape index (κ1) is 28.3. The van der Waals surface area contributed by atoms with Crippen LogP contribution in [0.2, 0.25) is 0 Å². The Morgan fingerprint density at radius 2 is 1.82 bits per heavy atom. The van der Waals surface area contributed by atoms with E-state index in [1.165, 1.54) is 16.5 Å². The highest BCUT2D eigenvalue weighted by Crippen LogP contribution is 2.16. The second-order valence-corrected chi connectivity index (χ2v) is 8.64. The molecule has 2 rings (SSSR count). The molecule has 0 saturated carbocycles. The van der Waals surface area contributed by atoms with Gasteiger partial charge >= 0.3 is 0 Å². The number of allylic oxidation sites excluding steroid dienone is 2. The first-order valence-corrected chi connectivity index (χ1v) is 12.1. The molecule has 1 atom stereocenters. The highest BCUT2D eigenvalue weighted by molar-refractivity contribution is 8.21. The van der Waals surface area contributed by atoms with Crippen LogP contribution in [0, 0.1) is 0 Å². The van der Waals surface area contributed by atoms with E-state index in [0.717, 1.165) is 41.7 Å². The number of hydrogen-bond donors (Lipinski definition) is 1. The number of hydrogen-bond acceptors (Lipinski definition) is 6. The Bertz CT molecular complexity index is 926. The summed E-state index contributed by atoms with van der Waals surface area (Å²) in [7, 11) is 3.29. The van der Waals surface area contributed by atoms with Gasteiger partial charge in [0.2, 0.25) is 5.91 Å². The lowest BCUT2D eigenvalue weighted by atomic mass is 10.1. The standard InChI is InChI=1S/C14H19NO.C12H13NO2S2/c1-4-8-14(12(2)16-3)15-11-13-9-6-5-7-10-13;1-13-12(15)11(17-8-16)6-9-2-4-10(7-14)5-3-9/h5-7,9-11H,4,8H2,1-3H3;2-5,7-8,11H,6H2,1H3,(H,13,15)/b14-12-,15-11?;. The molecule has 0 aliphatic rings. The molecule has 0 bridgehead atoms. The number of aliphatic imine (C=N–C) groups is 1. The largest absolute Gasteiger partial charge is 0.500 e. The third kappa shape index (κ3) is 11.1. The lowest BCUT2D eigenvalue weighted by Crippen LogP contribution is -2.31. The summed E-state index contributed by atoms with van der Waals surface area (Å²) in [6.07, 6.45) is 5.29. The molecule has 5 nitrogen and oxygen atoms in total. The Labute approximate surface area is 206 Å². The van der Waals surface area contributed by atoms with E-state index in [2.05, 4.69) is 17.2 Å². The van der Waals surface area contributed by atoms with Crippen LogP contribution in [-0.4, -0.2) is 42.5 Å². The van der Waals surface area contributed by atoms with Crippen molar-refractivity contribution in [2.45, 2.75) is 38.4 Å². The quantitative estimate of drug-likeness (QED) is 0.194. The maximum Gasteiger partial charge on any atom is 0.233 e. The van der Waals surface area contributed by atoms with Gasteiger partial charge in [-0.05, 0) is 30.9 Å². The summed E-state index contributed by atoms with van der Waals surface area (Å²) >= 11 is 6.08. The number of thioether (sulfide) groups is 1. The number of nitrogens with one attached hydrogen (secondary N) is 1. The molecular weight excluding hydrogens is 452 g/mol. The van der Waals surface area contributed by atoms with Gasteiger partial charge in [-0.3, -0.25) is 14.6 Å². The zero-order chi connectivity index (χ0) is 24.5. The van der Waals surface area contributed by atoms with E-state index in [4.69, 9.17) is 17.0 Å². The van der Waals surface area contributed by atoms with Gasteiger partial charge in [0, 0.05) is 23.5 Å². The molecule has 1 unspecified atom stereocenters. The third-order valence-electron chi connectivity index (χ3n) is 4.66. The van der Waals surface area contributed by atoms with Crippen molar-refractivity contribution in [3.63, 3.8) is 0 Å². The molecule has 0 saturated heterocycles. The Hall–Kier alpha value is -2.77. The zero-order valence-electron chi connectivity index (χ0n) is 19.6. The van der Waals surface area contributed by atoms with E-state index in [0.29, 0.717) is 12.0 Å². The van der Waals surface area contributed by atoms with E-state index >= 15 is 0 Å². The highest BCUT2D eigenvalue weighted by Gasteiger charge is 2.17. The molecule has 0 aromatic heterocycles. The maximum atomic E-state index is 11.6. The van der Waals surface area contributed by atoms with Crippen LogP contribution in [0.25, 0.3) is 0 Å². The summed E-state index contributed by atoms with van der Waals surface area (Å²) in [6.45, 7) is 4.09. The summed E-state index contributed by atoms with van der Waals surface area (Å²) in [5.74, 6) is 0.851. The van der Waals surface area contributed by atoms with Crippen LogP contribution in [0.15, 0.2) is 71.0 Å². The topological polar surface area (TPSA) is 67.8 Å². The number of methoxy groups -OCH3 is 1. The molecule has 1 amide bonds. The van der Waals surface area contributed by atoms with Crippen LogP contribution in [0.5, 0.6) is 0 Å². The van der Waals surface area contributed by atoms with Gasteiger partial charge in [-0.15, -0.1) is 11.8 Å². The second kappa shape index (κ2) is 16.8. The predicted octanol–water partition coefficient (Wildman–Crippen LogP) is 5.63. The molecule has 33 heavy (non-hydrogen) atoms. The van der Waals surface area contributed by atoms with Gasteiger partial charge in [-0.2, -0.15) is 0 Å². The van der Waals surface area contributed by atoms with Gasteiger partial charge in [-0.25, -0.2) is 0 Å². The maximum absolute atomic E-state index is 11.6. The second-order valence-electron chi connectivity index (χ2n) is 7.02. The minimum Gasteiger partial charge on any atom is -0.500 e. The van der Waals surface area contributed by atoms with Crippen molar-refractivity contribution in [3.05, 3.63) is 82.7 Å². The van der Waals surface area contributed by atoms with Crippen molar-refractivity contribution in [3.8, 4) is 0 Å². The van der Waals surface area contributed by atoms with Gasteiger partial charge < -0.3 is 10.1 Å². The van der Waals surface area contributed by atoms with Crippen molar-refractivity contribution < 1.29 is 14.3 Å². The number of nitrogens with zero attached hydrogens (tertiary/aromatic N) is 1. The fraction of sp³-hybridized carbons (Fsp3) is 0.308. The number of benzene rings is 2. The molecule has 176 valence electrons. The number of carbonyl (C=O) groups excluding carboxylic acids is 2. The molecule has 0 radical (unpaired) electrons. The van der Waals surface area contributed by atoms with Crippen LogP contribution in [0.1, 0.15) is 48.2 Å². The van der Waals surface area contributed by atoms with Gasteiger partial charge in [0.25, 0.3) is 0 Å². The average Bonchev–Trinajstić information content (AvgIpc) is 2.86. The van der Waals surface area contributed by atoms with Crippen LogP contribution in [-0.2, 0) is 16.0 Å². The number of carbonyl (C=O) groups is 2. The molecular formula is C26H32N2O3S2. The third-order valence-corrected chi connectivity index (χ3v) is 5.82. The van der Waals surface area contributed by atoms with E-state index in [9.17, 15) is 9.59 Å². The van der Waals surface area contributed by atoms with E-state index in [1.807, 2.05) is 55.6 Å². The number of thiocarbonyl (C=S) groups is 1. The number of amides is 1. The lowest BCUT2D eigenvalue weighted by Gasteiger charge is -2.12. The number of ether oxygens (including phenoxy) is 1. The first-order chi connectivity index (χ1) is 16.0. The minimum absolute atomic E-state index is 0.0458. The van der Waals surface area contributed by atoms with Crippen LogP contribution < -0.4 is 5.32 Å². The van der Waals surface area contributed by atoms with Crippen molar-refractivity contribution in [2.24, 2.45) is 4.99 Å². The summed E-state index contributed by atoms with van der Waals surface area (Å²) in [5, 5.41) is 2.39. The molecule has 0 aliphatic heterocycles. The Kier molecular flexibility index (Phi) is 14.4. The average molecular weight is 485 g/mol. The Morgan fingerprint density at radius 3 is 2.33 bits per heavy atom. The predicted molar refractivity (Wildman–Crippen MR) is 143 cm³/mol. The Morgan fingerprint density at radius 1 is 1.15 bits per heavy atom. The van der Waals surface area contributed by atoms with Crippen molar-refractivity contribution >= 4 is 47.1 Å². The molecule has 2 aromatic rings. The molecule has 0 aliphatic carbocycles. The highest BCUT2D eigenvalue weighted by atomic mass is 32.2. The summed E-state index contributed by atoms with van der Waals surface area (Å²) < 4.78 is 6.72. The smallest absolute Gasteiger partial charge is 0.233 e. The van der Waals surface area contributed by atoms with Crippen molar-refractivity contribution in [1.29, 1.82) is 0 Å². The Balaban J connectivity index is 0.000000331. The first-order valence-electron chi connectivity index (χ1n) is 10.7.